The molecule has 0 aliphatic heterocycles. The highest BCUT2D eigenvalue weighted by atomic mass is 16.5. The first kappa shape index (κ1) is 21.2. The summed E-state index contributed by atoms with van der Waals surface area (Å²) in [4.78, 5) is 15.4. The average molecular weight is 431 g/mol. The van der Waals surface area contributed by atoms with E-state index in [0.29, 0.717) is 5.75 Å². The van der Waals surface area contributed by atoms with Gasteiger partial charge in [0.15, 0.2) is 11.6 Å². The number of carbonyl (C=O) groups excluding carboxylic acids is 1. The maximum atomic E-state index is 11.4. The van der Waals surface area contributed by atoms with Crippen LogP contribution in [0, 0.1) is 5.92 Å². The predicted molar refractivity (Wildman–Crippen MR) is 125 cm³/mol. The fraction of sp³-hybridized carbons (Fsp3) is 0.208. The lowest BCUT2D eigenvalue weighted by atomic mass is 10.2. The lowest BCUT2D eigenvalue weighted by Gasteiger charge is -2.08. The van der Waals surface area contributed by atoms with E-state index in [1.807, 2.05) is 54.6 Å². The number of nitrogens with one attached hydrogen (secondary N) is 3. The molecule has 1 amide bonds. The van der Waals surface area contributed by atoms with Crippen LogP contribution in [0.3, 0.4) is 0 Å². The first-order valence-electron chi connectivity index (χ1n) is 10.3. The van der Waals surface area contributed by atoms with Crippen molar-refractivity contribution in [3.05, 3.63) is 67.0 Å². The van der Waals surface area contributed by atoms with Gasteiger partial charge in [-0.2, -0.15) is 5.10 Å². The van der Waals surface area contributed by atoms with Crippen molar-refractivity contribution in [2.75, 3.05) is 24.9 Å². The lowest BCUT2D eigenvalue weighted by Crippen LogP contribution is -2.12. The third kappa shape index (κ3) is 5.15. The number of rotatable bonds is 6. The molecule has 8 heteroatoms. The first-order valence-corrected chi connectivity index (χ1v) is 10.3. The van der Waals surface area contributed by atoms with Crippen molar-refractivity contribution in [2.45, 2.75) is 12.8 Å². The number of hydrogen-bond acceptors (Lipinski definition) is 6. The monoisotopic (exact) mass is 431 g/mol. The molecule has 5 rings (SSSR count). The van der Waals surface area contributed by atoms with E-state index in [4.69, 9.17) is 9.47 Å². The number of benzene rings is 2. The highest BCUT2D eigenvalue weighted by molar-refractivity contribution is 5.94. The molecule has 0 saturated heterocycles. The van der Waals surface area contributed by atoms with Crippen LogP contribution in [0.25, 0.3) is 10.9 Å². The van der Waals surface area contributed by atoms with E-state index in [1.165, 1.54) is 0 Å². The molecule has 1 aliphatic carbocycles. The minimum absolute atomic E-state index is 0.134. The molecule has 164 valence electrons. The zero-order valence-corrected chi connectivity index (χ0v) is 18.0. The molecule has 32 heavy (non-hydrogen) atoms. The number of carbonyl (C=O) groups is 1. The van der Waals surface area contributed by atoms with Crippen molar-refractivity contribution in [3.8, 4) is 11.5 Å². The number of ether oxygens (including phenoxy) is 2. The molecule has 1 saturated carbocycles. The fourth-order valence-electron chi connectivity index (χ4n) is 3.10. The minimum Gasteiger partial charge on any atom is -0.497 e. The molecule has 0 unspecified atom stereocenters. The molecular weight excluding hydrogens is 406 g/mol. The van der Waals surface area contributed by atoms with Gasteiger partial charge in [-0.25, -0.2) is 0 Å². The van der Waals surface area contributed by atoms with Gasteiger partial charge in [-0.15, -0.1) is 0 Å². The Kier molecular flexibility index (Phi) is 6.50. The van der Waals surface area contributed by atoms with Crippen LogP contribution in [0.4, 0.5) is 17.2 Å². The fourth-order valence-corrected chi connectivity index (χ4v) is 3.10. The van der Waals surface area contributed by atoms with E-state index in [0.717, 1.165) is 46.7 Å². The third-order valence-electron chi connectivity index (χ3n) is 5.03. The van der Waals surface area contributed by atoms with E-state index < -0.39 is 0 Å². The van der Waals surface area contributed by atoms with Crippen LogP contribution in [-0.4, -0.2) is 35.3 Å². The molecule has 3 N–H and O–H groups in total. The van der Waals surface area contributed by atoms with E-state index in [2.05, 4.69) is 25.8 Å². The van der Waals surface area contributed by atoms with E-state index in [-0.39, 0.29) is 11.8 Å². The molecule has 2 heterocycles. The number of anilines is 3. The van der Waals surface area contributed by atoms with Crippen molar-refractivity contribution in [3.63, 3.8) is 0 Å². The minimum atomic E-state index is 0.134. The summed E-state index contributed by atoms with van der Waals surface area (Å²) in [5, 5.41) is 14.4. The average Bonchev–Trinajstić information content (AvgIpc) is 3.62. The topological polar surface area (TPSA) is 101 Å². The highest BCUT2D eigenvalue weighted by Crippen LogP contribution is 2.30. The summed E-state index contributed by atoms with van der Waals surface area (Å²) in [5.74, 6) is 2.64. The van der Waals surface area contributed by atoms with E-state index >= 15 is 0 Å². The number of amides is 1. The summed E-state index contributed by atoms with van der Waals surface area (Å²) < 4.78 is 10.3. The van der Waals surface area contributed by atoms with Gasteiger partial charge in [0.25, 0.3) is 0 Å². The number of aromatic amines is 1. The lowest BCUT2D eigenvalue weighted by molar-refractivity contribution is -0.117. The third-order valence-corrected chi connectivity index (χ3v) is 5.03. The van der Waals surface area contributed by atoms with E-state index in [1.54, 1.807) is 26.6 Å². The van der Waals surface area contributed by atoms with Gasteiger partial charge in [0.2, 0.25) is 5.91 Å². The molecule has 2 aromatic heterocycles. The number of pyridine rings is 1. The van der Waals surface area contributed by atoms with Gasteiger partial charge >= 0.3 is 0 Å². The molecule has 0 bridgehead atoms. The Balaban J connectivity index is 0.000000158. The van der Waals surface area contributed by atoms with Crippen LogP contribution in [0.15, 0.2) is 67.0 Å². The van der Waals surface area contributed by atoms with Crippen LogP contribution < -0.4 is 20.1 Å². The quantitative estimate of drug-likeness (QED) is 0.407. The Morgan fingerprint density at radius 2 is 1.81 bits per heavy atom. The van der Waals surface area contributed by atoms with Crippen molar-refractivity contribution in [1.82, 2.24) is 15.2 Å². The number of methoxy groups -OCH3 is 2. The van der Waals surface area contributed by atoms with Gasteiger partial charge in [-0.05, 0) is 55.3 Å². The maximum Gasteiger partial charge on any atom is 0.227 e. The van der Waals surface area contributed by atoms with Crippen LogP contribution in [0.5, 0.6) is 11.5 Å². The second kappa shape index (κ2) is 9.82. The number of fused-ring (bicyclic) bond motifs is 1. The molecule has 4 aromatic rings. The highest BCUT2D eigenvalue weighted by Gasteiger charge is 2.29. The van der Waals surface area contributed by atoms with Gasteiger partial charge in [0.05, 0.1) is 31.6 Å². The summed E-state index contributed by atoms with van der Waals surface area (Å²) in [6.45, 7) is 0. The summed E-state index contributed by atoms with van der Waals surface area (Å²) in [7, 11) is 3.24. The molecule has 0 spiro atoms. The molecule has 8 nitrogen and oxygen atoms in total. The van der Waals surface area contributed by atoms with Crippen LogP contribution in [0.2, 0.25) is 0 Å². The second-order valence-electron chi connectivity index (χ2n) is 7.31. The summed E-state index contributed by atoms with van der Waals surface area (Å²) in [5.41, 5.74) is 2.67. The van der Waals surface area contributed by atoms with Crippen molar-refractivity contribution in [2.24, 2.45) is 5.92 Å². The summed E-state index contributed by atoms with van der Waals surface area (Å²) in [6, 6.07) is 17.2. The Morgan fingerprint density at radius 1 is 1.03 bits per heavy atom. The Morgan fingerprint density at radius 3 is 2.53 bits per heavy atom. The SMILES string of the molecule is COc1ccc(NC(=O)C2CC2)cc1.COc1cnccc1Nc1n[nH]c2ccccc12. The van der Waals surface area contributed by atoms with Gasteiger partial charge < -0.3 is 20.1 Å². The van der Waals surface area contributed by atoms with Crippen molar-refractivity contribution >= 4 is 34.0 Å². The van der Waals surface area contributed by atoms with Gasteiger partial charge in [-0.1, -0.05) is 12.1 Å². The molecule has 0 radical (unpaired) electrons. The zero-order chi connectivity index (χ0) is 22.3. The number of nitrogens with zero attached hydrogens (tertiary/aromatic N) is 2. The Labute approximate surface area is 186 Å². The van der Waals surface area contributed by atoms with Crippen molar-refractivity contribution in [1.29, 1.82) is 0 Å². The molecule has 2 aromatic carbocycles. The smallest absolute Gasteiger partial charge is 0.227 e. The summed E-state index contributed by atoms with van der Waals surface area (Å²) >= 11 is 0. The standard InChI is InChI=1S/C13H12N4O.C11H13NO2/c1-18-12-8-14-7-6-11(12)15-13-9-4-2-3-5-10(9)16-17-13;1-14-10-6-4-9(5-7-10)12-11(13)8-2-3-8/h2-8H,1H3,(H2,14,15,16,17);4-8H,2-3H2,1H3,(H,12,13). The van der Waals surface area contributed by atoms with Crippen LogP contribution in [0.1, 0.15) is 12.8 Å². The number of para-hydroxylation sites is 1. The van der Waals surface area contributed by atoms with E-state index in [9.17, 15) is 4.79 Å². The first-order chi connectivity index (χ1) is 15.7. The normalized spacial score (nSPS) is 12.4. The van der Waals surface area contributed by atoms with Gasteiger partial charge in [0, 0.05) is 23.2 Å². The van der Waals surface area contributed by atoms with Crippen molar-refractivity contribution < 1.29 is 14.3 Å². The number of hydrogen-bond donors (Lipinski definition) is 3. The molecule has 0 atom stereocenters. The Bertz CT molecular complexity index is 1190. The maximum absolute atomic E-state index is 11.4. The number of aromatic nitrogens is 3. The molecular formula is C24H25N5O3. The zero-order valence-electron chi connectivity index (χ0n) is 18.0. The predicted octanol–water partition coefficient (Wildman–Crippen LogP) is 4.75. The molecule has 1 aliphatic rings. The van der Waals surface area contributed by atoms with Crippen LogP contribution in [-0.2, 0) is 4.79 Å². The van der Waals surface area contributed by atoms with Gasteiger partial charge in [0.1, 0.15) is 5.75 Å². The molecule has 1 fully saturated rings. The second-order valence-corrected chi connectivity index (χ2v) is 7.31. The van der Waals surface area contributed by atoms with Gasteiger partial charge in [-0.3, -0.25) is 14.9 Å². The summed E-state index contributed by atoms with van der Waals surface area (Å²) in [6.07, 6.45) is 5.43. The number of H-pyrrole nitrogens is 1. The van der Waals surface area contributed by atoms with Crippen LogP contribution >= 0.6 is 0 Å². The largest absolute Gasteiger partial charge is 0.497 e. The Hall–Kier alpha value is -4.07.